The maximum absolute atomic E-state index is 12.4. The lowest BCUT2D eigenvalue weighted by atomic mass is 9.28. The van der Waals surface area contributed by atoms with Gasteiger partial charge in [0, 0.05) is 5.21 Å². The van der Waals surface area contributed by atoms with Gasteiger partial charge < -0.3 is 15.3 Å². The summed E-state index contributed by atoms with van der Waals surface area (Å²) in [6.45, 7) is 7.50. The maximum Gasteiger partial charge on any atom is 0.293 e. The fourth-order valence-electron chi connectivity index (χ4n) is 10.2. The van der Waals surface area contributed by atoms with Crippen LogP contribution < -0.4 is 0 Å². The number of carbonyl (C=O) groups is 1. The van der Waals surface area contributed by atoms with Gasteiger partial charge in [-0.25, -0.2) is 0 Å². The summed E-state index contributed by atoms with van der Waals surface area (Å²) in [5.74, 6) is 1.54. The van der Waals surface area contributed by atoms with E-state index < -0.39 is 11.2 Å². The Kier molecular flexibility index (Phi) is 7.33. The van der Waals surface area contributed by atoms with Gasteiger partial charge in [0.1, 0.15) is 23.5 Å². The van der Waals surface area contributed by atoms with Crippen molar-refractivity contribution in [2.24, 2.45) is 45.8 Å². The van der Waals surface area contributed by atoms with Crippen molar-refractivity contribution in [3.8, 4) is 0 Å². The highest BCUT2D eigenvalue weighted by Gasteiger charge is 2.69. The number of aliphatic hydroxyl groups is 2. The average molecular weight is 492 g/mol. The number of carboxylic acids is 1. The molecule has 4 aliphatic carbocycles. The Morgan fingerprint density at radius 3 is 2.14 bits per heavy atom. The van der Waals surface area contributed by atoms with Gasteiger partial charge in [-0.15, -0.1) is 5.11 Å². The molecular weight excluding hydrogens is 441 g/mol. The van der Waals surface area contributed by atoms with Crippen LogP contribution in [0.25, 0.3) is 0 Å². The highest BCUT2D eigenvalue weighted by Crippen LogP contribution is 2.74. The van der Waals surface area contributed by atoms with Gasteiger partial charge in [0.05, 0.1) is 35.7 Å². The lowest BCUT2D eigenvalue weighted by Crippen LogP contribution is -2.66. The Bertz CT molecular complexity index is 866. The number of hydrogen-bond donors (Lipinski definition) is 3. The third-order valence-corrected chi connectivity index (χ3v) is 13.5. The molecule has 0 spiro atoms. The molecule has 11 atom stereocenters. The molecule has 4 fully saturated rings. The lowest BCUT2D eigenvalue weighted by Gasteiger charge is -2.69. The first-order valence-electron chi connectivity index (χ1n) is 15.0. The van der Waals surface area contributed by atoms with Crippen molar-refractivity contribution >= 4 is 53.0 Å². The monoisotopic (exact) mass is 492 g/mol. The van der Waals surface area contributed by atoms with Gasteiger partial charge in [-0.1, -0.05) is 39.4 Å². The first kappa shape index (κ1) is 28.8. The van der Waals surface area contributed by atoms with E-state index in [-0.39, 0.29) is 45.4 Å². The first-order valence-corrected chi connectivity index (χ1v) is 15.0. The molecule has 1 unspecified atom stereocenters. The molecule has 10 heteroatoms. The van der Waals surface area contributed by atoms with Crippen LogP contribution in [0.1, 0.15) is 78.6 Å². The summed E-state index contributed by atoms with van der Waals surface area (Å²) in [7, 11) is 13.0. The van der Waals surface area contributed by atoms with Crippen molar-refractivity contribution in [1.29, 1.82) is 0 Å². The molecular formula is C26H50B6O4. The quantitative estimate of drug-likeness (QED) is 0.427. The van der Waals surface area contributed by atoms with Crippen LogP contribution in [0.5, 0.6) is 0 Å². The standard InChI is InChI=1S/C26H50B6O4/c1-22-8-6-14(33)12-16(22)17(20(27)26(30,31)32)19(34)18-15(22)7-10-23(2)13(4-9-24(18,23)3)5-11-25(28,29)21(35)36/h13-20,33-34H,4-12,27-32H2,1-3H3,(H,35,36)/t13-,14-,15+,16+,17-,18+,19-,20?,22-,23-,24+/m1/s1. The van der Waals surface area contributed by atoms with Gasteiger partial charge in [-0.05, 0) is 90.8 Å². The highest BCUT2D eigenvalue weighted by atomic mass is 16.4. The van der Waals surface area contributed by atoms with Crippen molar-refractivity contribution < 1.29 is 20.1 Å². The molecule has 0 aromatic carbocycles. The Balaban J connectivity index is 1.71. The van der Waals surface area contributed by atoms with Crippen LogP contribution in [-0.4, -0.2) is 80.6 Å². The molecule has 4 saturated carbocycles. The zero-order valence-corrected chi connectivity index (χ0v) is 24.7. The molecule has 0 radical (unpaired) electrons. The van der Waals surface area contributed by atoms with E-state index in [0.717, 1.165) is 51.4 Å². The van der Waals surface area contributed by atoms with Crippen molar-refractivity contribution in [3.63, 3.8) is 0 Å². The molecule has 0 amide bonds. The van der Waals surface area contributed by atoms with E-state index in [4.69, 9.17) is 0 Å². The summed E-state index contributed by atoms with van der Waals surface area (Å²) in [5, 5.41) is 32.3. The van der Waals surface area contributed by atoms with E-state index in [0.29, 0.717) is 23.6 Å². The molecule has 4 aliphatic rings. The number of aliphatic hydroxyl groups excluding tert-OH is 2. The molecule has 0 aromatic heterocycles. The van der Waals surface area contributed by atoms with E-state index in [2.05, 4.69) is 52.2 Å². The molecule has 3 N–H and O–H groups in total. The van der Waals surface area contributed by atoms with Gasteiger partial charge in [0.25, 0.3) is 5.97 Å². The SMILES string of the molecule is BC([C@H]1[C@@H](O)[C@@H]2[C@H](CC[C@]3(C)[C@@H](CCC(B)(B)C(=O)O)CC[C@@]23C)[C@@]2(C)CC[C@@H](O)C[C@@H]12)C(B)(B)B. The smallest absolute Gasteiger partial charge is 0.293 e. The molecule has 0 saturated heterocycles. The van der Waals surface area contributed by atoms with Gasteiger partial charge in [0.2, 0.25) is 0 Å². The van der Waals surface area contributed by atoms with Gasteiger partial charge in [-0.2, -0.15) is 0 Å². The van der Waals surface area contributed by atoms with E-state index in [1.54, 1.807) is 0 Å². The third-order valence-electron chi connectivity index (χ3n) is 13.5. The van der Waals surface area contributed by atoms with Gasteiger partial charge in [0.15, 0.2) is 0 Å². The fourth-order valence-corrected chi connectivity index (χ4v) is 10.2. The van der Waals surface area contributed by atoms with E-state index >= 15 is 0 Å². The van der Waals surface area contributed by atoms with Crippen LogP contribution >= 0.6 is 0 Å². The summed E-state index contributed by atoms with van der Waals surface area (Å²) in [4.78, 5) is 11.8. The van der Waals surface area contributed by atoms with E-state index in [1.165, 1.54) is 6.42 Å². The average Bonchev–Trinajstić information content (AvgIpc) is 3.03. The minimum Gasteiger partial charge on any atom is -0.482 e. The zero-order valence-electron chi connectivity index (χ0n) is 24.7. The lowest BCUT2D eigenvalue weighted by molar-refractivity contribution is -0.229. The number of carboxylic acid groups (broad SMARTS) is 1. The summed E-state index contributed by atoms with van der Waals surface area (Å²) in [6, 6.07) is 0. The van der Waals surface area contributed by atoms with Gasteiger partial charge in [-0.3, -0.25) is 4.79 Å². The van der Waals surface area contributed by atoms with Crippen LogP contribution in [0, 0.1) is 45.8 Å². The van der Waals surface area contributed by atoms with E-state index in [9.17, 15) is 20.1 Å². The van der Waals surface area contributed by atoms with Crippen molar-refractivity contribution in [3.05, 3.63) is 0 Å². The molecule has 0 aliphatic heterocycles. The number of aliphatic carboxylic acids is 1. The molecule has 196 valence electrons. The topological polar surface area (TPSA) is 77.8 Å². The molecule has 0 heterocycles. The Morgan fingerprint density at radius 1 is 0.944 bits per heavy atom. The van der Waals surface area contributed by atoms with Crippen molar-refractivity contribution in [2.75, 3.05) is 0 Å². The van der Waals surface area contributed by atoms with Gasteiger partial charge >= 0.3 is 0 Å². The molecule has 4 rings (SSSR count). The van der Waals surface area contributed by atoms with Crippen LogP contribution in [0.2, 0.25) is 16.1 Å². The molecule has 0 bridgehead atoms. The van der Waals surface area contributed by atoms with Crippen LogP contribution in [0.15, 0.2) is 0 Å². The Morgan fingerprint density at radius 2 is 1.56 bits per heavy atom. The third kappa shape index (κ3) is 4.22. The van der Waals surface area contributed by atoms with Crippen LogP contribution in [0.3, 0.4) is 0 Å². The van der Waals surface area contributed by atoms with Crippen LogP contribution in [-0.2, 0) is 4.79 Å². The largest absolute Gasteiger partial charge is 0.482 e. The summed E-state index contributed by atoms with van der Waals surface area (Å²) in [5.41, 5.74) is 0.366. The second-order valence-electron chi connectivity index (χ2n) is 16.2. The number of hydrogen-bond acceptors (Lipinski definition) is 3. The van der Waals surface area contributed by atoms with Crippen molar-refractivity contribution in [1.82, 2.24) is 0 Å². The Hall–Kier alpha value is -0.220. The zero-order chi connectivity index (χ0) is 27.1. The summed E-state index contributed by atoms with van der Waals surface area (Å²) < 4.78 is 0. The fraction of sp³-hybridized carbons (Fsp3) is 0.962. The molecule has 0 aromatic rings. The van der Waals surface area contributed by atoms with Crippen LogP contribution in [0.4, 0.5) is 0 Å². The van der Waals surface area contributed by atoms with Crippen molar-refractivity contribution in [2.45, 2.75) is 107 Å². The number of fused-ring (bicyclic) bond motifs is 5. The normalized spacial score (nSPS) is 47.9. The first-order chi connectivity index (χ1) is 16.4. The highest BCUT2D eigenvalue weighted by molar-refractivity contribution is 6.61. The predicted octanol–water partition coefficient (Wildman–Crippen LogP) is -0.765. The number of rotatable bonds is 6. The summed E-state index contributed by atoms with van der Waals surface area (Å²) >= 11 is 0. The minimum atomic E-state index is -0.697. The second-order valence-corrected chi connectivity index (χ2v) is 16.2. The maximum atomic E-state index is 12.4. The Labute approximate surface area is 225 Å². The second kappa shape index (κ2) is 9.17. The van der Waals surface area contributed by atoms with E-state index in [1.807, 2.05) is 15.7 Å². The minimum absolute atomic E-state index is 0.0628. The molecule has 36 heavy (non-hydrogen) atoms. The summed E-state index contributed by atoms with van der Waals surface area (Å²) in [6.07, 6.45) is 8.54. The molecule has 4 nitrogen and oxygen atoms in total. The predicted molar refractivity (Wildman–Crippen MR) is 163 cm³/mol.